The van der Waals surface area contributed by atoms with Gasteiger partial charge >= 0.3 is 5.97 Å². The van der Waals surface area contributed by atoms with E-state index in [9.17, 15) is 10.0 Å². The SMILES string of the molecule is CC[N+]([O-])(CC)CCC(=O)O. The molecular formula is C7H15NO3. The number of nitrogens with zero attached hydrogens (tertiary/aromatic N) is 1. The van der Waals surface area contributed by atoms with Crippen molar-refractivity contribution in [3.8, 4) is 0 Å². The highest BCUT2D eigenvalue weighted by Gasteiger charge is 2.12. The summed E-state index contributed by atoms with van der Waals surface area (Å²) < 4.78 is -0.397. The maximum Gasteiger partial charge on any atom is 0.309 e. The molecule has 0 aliphatic heterocycles. The smallest absolute Gasteiger partial charge is 0.309 e. The molecule has 0 heterocycles. The fourth-order valence-corrected chi connectivity index (χ4v) is 0.839. The van der Waals surface area contributed by atoms with Crippen molar-refractivity contribution >= 4 is 5.97 Å². The Morgan fingerprint density at radius 1 is 1.45 bits per heavy atom. The molecule has 0 unspecified atom stereocenters. The van der Waals surface area contributed by atoms with Gasteiger partial charge in [0, 0.05) is 0 Å². The van der Waals surface area contributed by atoms with E-state index in [0.29, 0.717) is 13.1 Å². The van der Waals surface area contributed by atoms with Crippen LogP contribution in [0.2, 0.25) is 0 Å². The molecule has 4 heteroatoms. The van der Waals surface area contributed by atoms with Gasteiger partial charge in [-0.15, -0.1) is 0 Å². The van der Waals surface area contributed by atoms with Crippen LogP contribution in [0.15, 0.2) is 0 Å². The Morgan fingerprint density at radius 3 is 2.18 bits per heavy atom. The number of hydrogen-bond donors (Lipinski definition) is 1. The zero-order valence-electron chi connectivity index (χ0n) is 7.04. The highest BCUT2D eigenvalue weighted by atomic mass is 16.5. The number of carboxylic acids is 1. The van der Waals surface area contributed by atoms with Crippen LogP contribution in [0.5, 0.6) is 0 Å². The first kappa shape index (κ1) is 10.4. The Balaban J connectivity index is 3.78. The number of rotatable bonds is 5. The first-order valence-electron chi connectivity index (χ1n) is 3.83. The molecule has 0 aliphatic carbocycles. The fourth-order valence-electron chi connectivity index (χ4n) is 0.839. The molecule has 0 fully saturated rings. The summed E-state index contributed by atoms with van der Waals surface area (Å²) in [6.45, 7) is 4.63. The second kappa shape index (κ2) is 4.31. The first-order valence-corrected chi connectivity index (χ1v) is 3.83. The van der Waals surface area contributed by atoms with Crippen molar-refractivity contribution in [2.45, 2.75) is 20.3 Å². The lowest BCUT2D eigenvalue weighted by atomic mass is 10.3. The Bertz CT molecular complexity index is 132. The number of hydroxylamine groups is 3. The van der Waals surface area contributed by atoms with Crippen molar-refractivity contribution in [3.63, 3.8) is 0 Å². The summed E-state index contributed by atoms with van der Waals surface area (Å²) in [4.78, 5) is 10.1. The molecule has 1 N–H and O–H groups in total. The maximum absolute atomic E-state index is 11.4. The summed E-state index contributed by atoms with van der Waals surface area (Å²) in [7, 11) is 0. The molecule has 0 saturated carbocycles. The van der Waals surface area contributed by atoms with Gasteiger partial charge in [-0.05, 0) is 13.8 Å². The van der Waals surface area contributed by atoms with Crippen molar-refractivity contribution in [1.29, 1.82) is 0 Å². The van der Waals surface area contributed by atoms with Crippen LogP contribution < -0.4 is 0 Å². The molecule has 0 radical (unpaired) electrons. The minimum Gasteiger partial charge on any atom is -0.633 e. The van der Waals surface area contributed by atoms with E-state index in [1.807, 2.05) is 0 Å². The normalized spacial score (nSPS) is 11.5. The van der Waals surface area contributed by atoms with Gasteiger partial charge in [-0.1, -0.05) is 0 Å². The Morgan fingerprint density at radius 2 is 1.91 bits per heavy atom. The zero-order valence-corrected chi connectivity index (χ0v) is 7.04. The lowest BCUT2D eigenvalue weighted by Crippen LogP contribution is -2.43. The Labute approximate surface area is 66.6 Å². The molecule has 0 atom stereocenters. The van der Waals surface area contributed by atoms with E-state index < -0.39 is 10.6 Å². The first-order chi connectivity index (χ1) is 5.04. The molecule has 11 heavy (non-hydrogen) atoms. The lowest BCUT2D eigenvalue weighted by Gasteiger charge is -2.40. The number of aliphatic carboxylic acids is 1. The van der Waals surface area contributed by atoms with Crippen LogP contribution in [0.3, 0.4) is 0 Å². The van der Waals surface area contributed by atoms with E-state index >= 15 is 0 Å². The predicted molar refractivity (Wildman–Crippen MR) is 41.8 cm³/mol. The molecule has 0 aromatic carbocycles. The molecule has 0 aromatic heterocycles. The number of quaternary nitrogens is 1. The average molecular weight is 161 g/mol. The molecule has 0 spiro atoms. The van der Waals surface area contributed by atoms with Crippen molar-refractivity contribution < 1.29 is 14.5 Å². The van der Waals surface area contributed by atoms with Crippen molar-refractivity contribution in [1.82, 2.24) is 0 Å². The van der Waals surface area contributed by atoms with Crippen molar-refractivity contribution in [3.05, 3.63) is 5.21 Å². The monoisotopic (exact) mass is 161 g/mol. The summed E-state index contributed by atoms with van der Waals surface area (Å²) in [5, 5.41) is 19.7. The molecule has 4 nitrogen and oxygen atoms in total. The molecule has 0 aliphatic rings. The van der Waals surface area contributed by atoms with Crippen molar-refractivity contribution in [2.75, 3.05) is 19.6 Å². The maximum atomic E-state index is 11.4. The van der Waals surface area contributed by atoms with E-state index in [1.165, 1.54) is 0 Å². The van der Waals surface area contributed by atoms with E-state index in [1.54, 1.807) is 13.8 Å². The number of carboxylic acid groups (broad SMARTS) is 1. The summed E-state index contributed by atoms with van der Waals surface area (Å²) in [6.07, 6.45) is -0.0365. The topological polar surface area (TPSA) is 60.4 Å². The van der Waals surface area contributed by atoms with E-state index in [4.69, 9.17) is 5.11 Å². The van der Waals surface area contributed by atoms with Gasteiger partial charge in [0.1, 0.15) is 0 Å². The molecule has 66 valence electrons. The molecule has 0 amide bonds. The molecule has 0 saturated heterocycles. The van der Waals surface area contributed by atoms with Crippen molar-refractivity contribution in [2.24, 2.45) is 0 Å². The van der Waals surface area contributed by atoms with Gasteiger partial charge in [0.15, 0.2) is 0 Å². The third-order valence-electron chi connectivity index (χ3n) is 1.89. The Hall–Kier alpha value is -0.610. The van der Waals surface area contributed by atoms with E-state index in [-0.39, 0.29) is 13.0 Å². The quantitative estimate of drug-likeness (QED) is 0.479. The van der Waals surface area contributed by atoms with E-state index in [2.05, 4.69) is 0 Å². The molecular weight excluding hydrogens is 146 g/mol. The van der Waals surface area contributed by atoms with Gasteiger partial charge in [0.2, 0.25) is 0 Å². The lowest BCUT2D eigenvalue weighted by molar-refractivity contribution is -0.876. The van der Waals surface area contributed by atoms with Gasteiger partial charge in [0.05, 0.1) is 26.1 Å². The molecule has 0 bridgehead atoms. The minimum atomic E-state index is -0.898. The van der Waals surface area contributed by atoms with Gasteiger partial charge < -0.3 is 15.0 Å². The van der Waals surface area contributed by atoms with Crippen LogP contribution in [0.4, 0.5) is 0 Å². The van der Waals surface area contributed by atoms with E-state index in [0.717, 1.165) is 0 Å². The minimum absolute atomic E-state index is 0.0365. The average Bonchev–Trinajstić information content (AvgIpc) is 2.00. The predicted octanol–water partition coefficient (Wildman–Crippen LogP) is 0.816. The van der Waals surface area contributed by atoms with Gasteiger partial charge in [-0.3, -0.25) is 4.79 Å². The number of hydrogen-bond acceptors (Lipinski definition) is 2. The third kappa shape index (κ3) is 3.95. The summed E-state index contributed by atoms with van der Waals surface area (Å²) >= 11 is 0. The zero-order chi connectivity index (χ0) is 8.91. The van der Waals surface area contributed by atoms with Crippen LogP contribution in [-0.4, -0.2) is 35.4 Å². The van der Waals surface area contributed by atoms with Crippen LogP contribution in [0.1, 0.15) is 20.3 Å². The largest absolute Gasteiger partial charge is 0.633 e. The third-order valence-corrected chi connectivity index (χ3v) is 1.89. The second-order valence-corrected chi connectivity index (χ2v) is 2.56. The van der Waals surface area contributed by atoms with Gasteiger partial charge in [0.25, 0.3) is 0 Å². The summed E-state index contributed by atoms with van der Waals surface area (Å²) in [5.41, 5.74) is 0. The fraction of sp³-hybridized carbons (Fsp3) is 0.857. The molecule has 0 rings (SSSR count). The highest BCUT2D eigenvalue weighted by molar-refractivity contribution is 5.66. The number of carbonyl (C=O) groups is 1. The van der Waals surface area contributed by atoms with Crippen LogP contribution in [0.25, 0.3) is 0 Å². The van der Waals surface area contributed by atoms with Crippen LogP contribution in [0, 0.1) is 5.21 Å². The second-order valence-electron chi connectivity index (χ2n) is 2.56. The van der Waals surface area contributed by atoms with Crippen LogP contribution in [-0.2, 0) is 4.79 Å². The standard InChI is InChI=1S/C7H15NO3/c1-3-8(11,4-2)6-5-7(9)10/h3-6H2,1-2H3,(H,9,10). The van der Waals surface area contributed by atoms with Gasteiger partial charge in [-0.2, -0.15) is 0 Å². The van der Waals surface area contributed by atoms with Crippen LogP contribution >= 0.6 is 0 Å². The Kier molecular flexibility index (Phi) is 4.07. The molecule has 0 aromatic rings. The van der Waals surface area contributed by atoms with Gasteiger partial charge in [-0.25, -0.2) is 0 Å². The summed E-state index contributed by atoms with van der Waals surface area (Å²) in [6, 6.07) is 0. The highest BCUT2D eigenvalue weighted by Crippen LogP contribution is 2.03. The summed E-state index contributed by atoms with van der Waals surface area (Å²) in [5.74, 6) is -0.898.